The predicted octanol–water partition coefficient (Wildman–Crippen LogP) is 5.39. The molecule has 2 unspecified atom stereocenters. The summed E-state index contributed by atoms with van der Waals surface area (Å²) in [6, 6.07) is 1.96. The molecule has 3 heterocycles. The number of hydrogen-bond acceptors (Lipinski definition) is 9. The van der Waals surface area contributed by atoms with Crippen molar-refractivity contribution < 1.29 is 22.3 Å². The van der Waals surface area contributed by atoms with E-state index < -0.39 is 24.1 Å². The summed E-state index contributed by atoms with van der Waals surface area (Å²) >= 11 is 0. The molecule has 9 nitrogen and oxygen atoms in total. The Morgan fingerprint density at radius 2 is 1.95 bits per heavy atom. The van der Waals surface area contributed by atoms with Gasteiger partial charge in [0.1, 0.15) is 29.4 Å². The van der Waals surface area contributed by atoms with Crippen LogP contribution in [0.5, 0.6) is 5.88 Å². The van der Waals surface area contributed by atoms with Gasteiger partial charge in [0.25, 0.3) is 0 Å². The van der Waals surface area contributed by atoms with Crippen LogP contribution >= 0.6 is 0 Å². The molecule has 1 aliphatic rings. The Hall–Kier alpha value is -4.16. The minimum absolute atomic E-state index is 0.00596. The number of nitrogens with zero attached hydrogens (tertiary/aromatic N) is 6. The van der Waals surface area contributed by atoms with Crippen molar-refractivity contribution in [1.82, 2.24) is 24.8 Å². The second kappa shape index (κ2) is 11.5. The van der Waals surface area contributed by atoms with E-state index in [4.69, 9.17) is 10.1 Å². The van der Waals surface area contributed by atoms with E-state index in [1.54, 1.807) is 19.9 Å². The van der Waals surface area contributed by atoms with Crippen LogP contribution in [0, 0.1) is 11.2 Å². The van der Waals surface area contributed by atoms with Crippen LogP contribution in [0.4, 0.5) is 23.4 Å². The van der Waals surface area contributed by atoms with Crippen LogP contribution < -0.4 is 10.1 Å². The lowest BCUT2D eigenvalue weighted by molar-refractivity contribution is -0.145. The molecule has 212 valence electrons. The molecule has 1 aliphatic heterocycles. The Balaban J connectivity index is 1.65. The number of rotatable bonds is 9. The molecule has 0 spiro atoms. The lowest BCUT2D eigenvalue weighted by atomic mass is 10.0. The van der Waals surface area contributed by atoms with Crippen LogP contribution in [-0.2, 0) is 0 Å². The van der Waals surface area contributed by atoms with Crippen molar-refractivity contribution in [1.29, 1.82) is 5.41 Å². The van der Waals surface area contributed by atoms with Crippen LogP contribution in [0.25, 0.3) is 11.4 Å². The molecule has 0 bridgehead atoms. The molecule has 0 amide bonds. The highest BCUT2D eigenvalue weighted by atomic mass is 19.4. The fourth-order valence-corrected chi connectivity index (χ4v) is 4.45. The van der Waals surface area contributed by atoms with Crippen LogP contribution in [0.15, 0.2) is 35.7 Å². The molecular formula is C27H30F4N8O. The molecule has 1 aromatic carbocycles. The quantitative estimate of drug-likeness (QED) is 0.268. The standard InChI is InChI=1S/C27H30F4N8O/c1-6-39-12-20(27(29,30)31)37-25(39)18-8-7-16(9-19(18)28)15(4)36-23-17(10-32)11-33-24(38-23)21-22(14(2)3)34-13-35-26(21)40-5/h7-11,13-15,20,32H,6,12H2,1-5H3,(H,33,36,38). The number of alkyl halides is 3. The van der Waals surface area contributed by atoms with Gasteiger partial charge in [0, 0.05) is 19.0 Å². The highest BCUT2D eigenvalue weighted by Gasteiger charge is 2.45. The maximum atomic E-state index is 15.3. The second-order valence-electron chi connectivity index (χ2n) is 9.59. The first-order chi connectivity index (χ1) is 19.0. The SMILES string of the molecule is CCN1CC(C(F)(F)F)N=C1c1ccc(C(C)Nc2nc(-c3c(OC)ncnc3C(C)C)ncc2C=N)cc1F. The lowest BCUT2D eigenvalue weighted by Crippen LogP contribution is -2.35. The van der Waals surface area contributed by atoms with Crippen molar-refractivity contribution in [2.75, 3.05) is 25.5 Å². The highest BCUT2D eigenvalue weighted by molar-refractivity contribution is 6.00. The molecule has 3 aromatic rings. The third-order valence-corrected chi connectivity index (χ3v) is 6.60. The van der Waals surface area contributed by atoms with E-state index in [-0.39, 0.29) is 30.4 Å². The van der Waals surface area contributed by atoms with E-state index in [1.165, 1.54) is 36.7 Å². The van der Waals surface area contributed by atoms with Gasteiger partial charge >= 0.3 is 6.18 Å². The number of ether oxygens (including phenoxy) is 1. The van der Waals surface area contributed by atoms with Crippen LogP contribution in [0.2, 0.25) is 0 Å². The maximum absolute atomic E-state index is 15.3. The zero-order valence-corrected chi connectivity index (χ0v) is 22.7. The summed E-state index contributed by atoms with van der Waals surface area (Å²) in [5, 5.41) is 11.0. The third-order valence-electron chi connectivity index (χ3n) is 6.60. The molecule has 4 rings (SSSR count). The fraction of sp³-hybridized carbons (Fsp3) is 0.407. The molecule has 0 saturated carbocycles. The fourth-order valence-electron chi connectivity index (χ4n) is 4.45. The molecule has 0 aliphatic carbocycles. The van der Waals surface area contributed by atoms with Crippen LogP contribution in [0.3, 0.4) is 0 Å². The van der Waals surface area contributed by atoms with Gasteiger partial charge in [0.15, 0.2) is 11.9 Å². The number of benzene rings is 1. The molecule has 0 radical (unpaired) electrons. The minimum atomic E-state index is -4.50. The van der Waals surface area contributed by atoms with E-state index >= 15 is 4.39 Å². The summed E-state index contributed by atoms with van der Waals surface area (Å²) in [6.07, 6.45) is -0.513. The lowest BCUT2D eigenvalue weighted by Gasteiger charge is -2.21. The number of anilines is 1. The summed E-state index contributed by atoms with van der Waals surface area (Å²) in [6.45, 7) is 7.34. The average molecular weight is 559 g/mol. The Labute approximate surface area is 229 Å². The van der Waals surface area contributed by atoms with E-state index in [0.29, 0.717) is 39.9 Å². The first-order valence-corrected chi connectivity index (χ1v) is 12.7. The third kappa shape index (κ3) is 5.73. The number of hydrogen-bond donors (Lipinski definition) is 2. The summed E-state index contributed by atoms with van der Waals surface area (Å²) in [5.41, 5.74) is 2.14. The monoisotopic (exact) mass is 558 g/mol. The van der Waals surface area contributed by atoms with Gasteiger partial charge in [-0.25, -0.2) is 24.3 Å². The van der Waals surface area contributed by atoms with Gasteiger partial charge in [-0.2, -0.15) is 13.2 Å². The molecule has 0 saturated heterocycles. The van der Waals surface area contributed by atoms with Gasteiger partial charge in [0.2, 0.25) is 5.88 Å². The molecule has 0 fully saturated rings. The van der Waals surface area contributed by atoms with Gasteiger partial charge < -0.3 is 20.4 Å². The highest BCUT2D eigenvalue weighted by Crippen LogP contribution is 2.34. The van der Waals surface area contributed by atoms with Crippen LogP contribution in [0.1, 0.15) is 62.0 Å². The predicted molar refractivity (Wildman–Crippen MR) is 144 cm³/mol. The van der Waals surface area contributed by atoms with Gasteiger partial charge in [-0.1, -0.05) is 19.9 Å². The summed E-state index contributed by atoms with van der Waals surface area (Å²) in [4.78, 5) is 22.8. The van der Waals surface area contributed by atoms with Crippen LogP contribution in [-0.4, -0.2) is 69.3 Å². The Morgan fingerprint density at radius 3 is 2.55 bits per heavy atom. The molecular weight excluding hydrogens is 528 g/mol. The molecule has 2 aromatic heterocycles. The number of aliphatic imine (C=N–C) groups is 1. The van der Waals surface area contributed by atoms with Crippen molar-refractivity contribution >= 4 is 17.9 Å². The Bertz CT molecular complexity index is 1430. The topological polar surface area (TPSA) is 112 Å². The number of likely N-dealkylation sites (N-methyl/N-ethyl adjacent to an activating group) is 1. The van der Waals surface area contributed by atoms with E-state index in [0.717, 1.165) is 6.21 Å². The molecule has 40 heavy (non-hydrogen) atoms. The first-order valence-electron chi connectivity index (χ1n) is 12.7. The van der Waals surface area contributed by atoms with Gasteiger partial charge in [-0.05, 0) is 37.5 Å². The summed E-state index contributed by atoms with van der Waals surface area (Å²) in [7, 11) is 1.49. The maximum Gasteiger partial charge on any atom is 0.412 e. The average Bonchev–Trinajstić information content (AvgIpc) is 3.37. The van der Waals surface area contributed by atoms with Gasteiger partial charge in [0.05, 0.1) is 36.5 Å². The molecule has 2 N–H and O–H groups in total. The second-order valence-corrected chi connectivity index (χ2v) is 9.59. The Kier molecular flexibility index (Phi) is 8.31. The zero-order chi connectivity index (χ0) is 29.2. The number of nitrogens with one attached hydrogen (secondary N) is 2. The number of halogens is 4. The van der Waals surface area contributed by atoms with Crippen molar-refractivity contribution in [3.63, 3.8) is 0 Å². The van der Waals surface area contributed by atoms with E-state index in [2.05, 4.69) is 30.2 Å². The van der Waals surface area contributed by atoms with Gasteiger partial charge in [-0.15, -0.1) is 0 Å². The first kappa shape index (κ1) is 28.8. The largest absolute Gasteiger partial charge is 0.480 e. The van der Waals surface area contributed by atoms with E-state index in [1.807, 2.05) is 13.8 Å². The molecule has 13 heteroatoms. The van der Waals surface area contributed by atoms with Crippen molar-refractivity contribution in [2.24, 2.45) is 4.99 Å². The normalized spacial score (nSPS) is 16.2. The minimum Gasteiger partial charge on any atom is -0.480 e. The van der Waals surface area contributed by atoms with Gasteiger partial charge in [-0.3, -0.25) is 4.99 Å². The number of aromatic nitrogens is 4. The zero-order valence-electron chi connectivity index (χ0n) is 22.7. The number of amidine groups is 1. The Morgan fingerprint density at radius 1 is 1.20 bits per heavy atom. The molecule has 2 atom stereocenters. The smallest absolute Gasteiger partial charge is 0.412 e. The number of methoxy groups -OCH3 is 1. The van der Waals surface area contributed by atoms with Crippen molar-refractivity contribution in [3.8, 4) is 17.3 Å². The van der Waals surface area contributed by atoms with E-state index in [9.17, 15) is 13.2 Å². The summed E-state index contributed by atoms with van der Waals surface area (Å²) < 4.78 is 60.5. The summed E-state index contributed by atoms with van der Waals surface area (Å²) in [5.74, 6) is 0.246. The van der Waals surface area contributed by atoms with Crippen molar-refractivity contribution in [3.05, 3.63) is 58.9 Å². The van der Waals surface area contributed by atoms with Crippen molar-refractivity contribution in [2.45, 2.75) is 51.9 Å².